The molecule has 0 aliphatic heterocycles. The molecule has 0 bridgehead atoms. The Kier molecular flexibility index (Phi) is 7.37. The highest BCUT2D eigenvalue weighted by Crippen LogP contribution is 2.55. The summed E-state index contributed by atoms with van der Waals surface area (Å²) < 4.78 is 13.9. The average molecular weight is 495 g/mol. The standard InChI is InChI=1S/C26H20FO2P.BrH/c27-20-16-17-25(28)24(18-20)26(29)19-30(21-10-4-1-5-11-21,22-12-6-2-7-13-22)23-14-8-3-9-15-23;/h1-18H,19H2;1H. The van der Waals surface area contributed by atoms with E-state index in [0.29, 0.717) is 0 Å². The molecule has 0 saturated heterocycles. The lowest BCUT2D eigenvalue weighted by atomic mass is 10.1. The molecule has 0 aromatic heterocycles. The summed E-state index contributed by atoms with van der Waals surface area (Å²) in [5.41, 5.74) is 0.0159. The molecular weight excluding hydrogens is 474 g/mol. The van der Waals surface area contributed by atoms with E-state index >= 15 is 0 Å². The van der Waals surface area contributed by atoms with Crippen LogP contribution < -0.4 is 32.9 Å². The van der Waals surface area contributed by atoms with Gasteiger partial charge in [-0.25, -0.2) is 4.39 Å². The van der Waals surface area contributed by atoms with E-state index in [1.807, 2.05) is 91.0 Å². The van der Waals surface area contributed by atoms with Gasteiger partial charge in [0.25, 0.3) is 0 Å². The Bertz CT molecular complexity index is 1060. The molecule has 31 heavy (non-hydrogen) atoms. The van der Waals surface area contributed by atoms with E-state index in [0.717, 1.165) is 28.0 Å². The first-order valence-corrected chi connectivity index (χ1v) is 11.7. The number of ketones is 1. The third kappa shape index (κ3) is 4.61. The van der Waals surface area contributed by atoms with Crippen LogP contribution in [0.1, 0.15) is 10.4 Å². The van der Waals surface area contributed by atoms with Crippen molar-refractivity contribution in [2.24, 2.45) is 0 Å². The molecule has 1 N–H and O–H groups in total. The van der Waals surface area contributed by atoms with Crippen molar-refractivity contribution in [3.63, 3.8) is 0 Å². The number of hydrogen-bond acceptors (Lipinski definition) is 2. The molecule has 4 aromatic carbocycles. The van der Waals surface area contributed by atoms with Crippen LogP contribution in [0.5, 0.6) is 5.75 Å². The quantitative estimate of drug-likeness (QED) is 0.327. The lowest BCUT2D eigenvalue weighted by molar-refractivity contribution is -0.0000155. The first kappa shape index (κ1) is 22.9. The Hall–Kier alpha value is -2.81. The molecule has 0 atom stereocenters. The zero-order valence-corrected chi connectivity index (χ0v) is 19.1. The fourth-order valence-corrected chi connectivity index (χ4v) is 7.89. The molecule has 156 valence electrons. The fourth-order valence-electron chi connectivity index (χ4n) is 3.80. The van der Waals surface area contributed by atoms with Gasteiger partial charge in [-0.1, -0.05) is 54.6 Å². The summed E-state index contributed by atoms with van der Waals surface area (Å²) in [6.45, 7) is 0. The number of hydrogen-bond donors (Lipinski definition) is 1. The Balaban J connectivity index is 0.00000272. The van der Waals surface area contributed by atoms with Crippen LogP contribution in [0.3, 0.4) is 0 Å². The van der Waals surface area contributed by atoms with E-state index in [9.17, 15) is 14.3 Å². The second-order valence-electron chi connectivity index (χ2n) is 7.06. The number of carbonyl (C=O) groups excluding carboxylic acids is 1. The Labute approximate surface area is 192 Å². The predicted molar refractivity (Wildman–Crippen MR) is 122 cm³/mol. The molecule has 0 unspecified atom stereocenters. The summed E-state index contributed by atoms with van der Waals surface area (Å²) in [6.07, 6.45) is 0.155. The van der Waals surface area contributed by atoms with E-state index in [-0.39, 0.29) is 40.2 Å². The van der Waals surface area contributed by atoms with Crippen LogP contribution in [0, 0.1) is 5.82 Å². The summed E-state index contributed by atoms with van der Waals surface area (Å²) in [5, 5.41) is 13.4. The van der Waals surface area contributed by atoms with Crippen LogP contribution >= 0.6 is 7.26 Å². The molecule has 4 aromatic rings. The maximum absolute atomic E-state index is 13.9. The molecule has 0 saturated carbocycles. The number of phenolic OH excluding ortho intramolecular Hbond substituents is 1. The molecule has 0 amide bonds. The second kappa shape index (κ2) is 10.00. The highest BCUT2D eigenvalue weighted by Gasteiger charge is 2.47. The molecule has 4 rings (SSSR count). The summed E-state index contributed by atoms with van der Waals surface area (Å²) in [6, 6.07) is 33.5. The maximum atomic E-state index is 13.9. The predicted octanol–water partition coefficient (Wildman–Crippen LogP) is 1.71. The molecule has 0 aliphatic rings. The zero-order valence-electron chi connectivity index (χ0n) is 16.7. The SMILES string of the molecule is O=C(C[P+](c1ccccc1)(c1ccccc1)c1ccccc1)c1cc(F)ccc1O.[Br-]. The number of rotatable bonds is 6. The van der Waals surface area contributed by atoms with Crippen LogP contribution in [0.25, 0.3) is 0 Å². The maximum Gasteiger partial charge on any atom is 0.204 e. The minimum absolute atomic E-state index is 0. The number of carbonyl (C=O) groups is 1. The van der Waals surface area contributed by atoms with Gasteiger partial charge in [0.05, 0.1) is 5.56 Å². The van der Waals surface area contributed by atoms with E-state index in [2.05, 4.69) is 0 Å². The third-order valence-corrected chi connectivity index (χ3v) is 9.53. The third-order valence-electron chi connectivity index (χ3n) is 5.23. The van der Waals surface area contributed by atoms with Crippen molar-refractivity contribution in [1.29, 1.82) is 0 Å². The normalized spacial score (nSPS) is 10.9. The van der Waals surface area contributed by atoms with Crippen molar-refractivity contribution >= 4 is 29.0 Å². The Morgan fingerprint density at radius 3 is 1.55 bits per heavy atom. The molecule has 0 spiro atoms. The molecular formula is C26H21BrFO2P. The lowest BCUT2D eigenvalue weighted by Gasteiger charge is -2.27. The molecule has 2 nitrogen and oxygen atoms in total. The van der Waals surface area contributed by atoms with Crippen molar-refractivity contribution < 1.29 is 31.3 Å². The highest BCUT2D eigenvalue weighted by atomic mass is 79.9. The molecule has 5 heteroatoms. The summed E-state index contributed by atoms with van der Waals surface area (Å²) >= 11 is 0. The van der Waals surface area contributed by atoms with Gasteiger partial charge in [-0.2, -0.15) is 0 Å². The first-order valence-electron chi connectivity index (χ1n) is 9.68. The van der Waals surface area contributed by atoms with Gasteiger partial charge in [-0.3, -0.25) is 4.79 Å². The Morgan fingerprint density at radius 1 is 0.710 bits per heavy atom. The number of benzene rings is 4. The molecule has 0 radical (unpaired) electrons. The number of aromatic hydroxyl groups is 1. The summed E-state index contributed by atoms with van der Waals surface area (Å²) in [7, 11) is -2.39. The van der Waals surface area contributed by atoms with E-state index in [1.165, 1.54) is 6.07 Å². The minimum atomic E-state index is -2.39. The molecule has 0 heterocycles. The van der Waals surface area contributed by atoms with Crippen LogP contribution in [0.4, 0.5) is 4.39 Å². The first-order chi connectivity index (χ1) is 14.6. The number of phenols is 1. The number of halogens is 2. The van der Waals surface area contributed by atoms with Gasteiger partial charge in [0.15, 0.2) is 0 Å². The summed E-state index contributed by atoms with van der Waals surface area (Å²) in [4.78, 5) is 13.5. The highest BCUT2D eigenvalue weighted by molar-refractivity contribution is 7.96. The van der Waals surface area contributed by atoms with Crippen LogP contribution in [0.2, 0.25) is 0 Å². The van der Waals surface area contributed by atoms with Gasteiger partial charge in [0.2, 0.25) is 5.78 Å². The topological polar surface area (TPSA) is 37.3 Å². The zero-order chi connectivity index (χ0) is 21.0. The lowest BCUT2D eigenvalue weighted by Crippen LogP contribution is -3.00. The van der Waals surface area contributed by atoms with Gasteiger partial charge in [0.1, 0.15) is 40.9 Å². The summed E-state index contributed by atoms with van der Waals surface area (Å²) in [5.74, 6) is -1.02. The van der Waals surface area contributed by atoms with E-state index in [1.54, 1.807) is 0 Å². The van der Waals surface area contributed by atoms with Crippen molar-refractivity contribution in [1.82, 2.24) is 0 Å². The van der Waals surface area contributed by atoms with Crippen LogP contribution in [-0.4, -0.2) is 17.1 Å². The van der Waals surface area contributed by atoms with Gasteiger partial charge < -0.3 is 22.1 Å². The molecule has 0 fully saturated rings. The fraction of sp³-hybridized carbons (Fsp3) is 0.0385. The van der Waals surface area contributed by atoms with Gasteiger partial charge in [-0.15, -0.1) is 0 Å². The van der Waals surface area contributed by atoms with Crippen LogP contribution in [-0.2, 0) is 0 Å². The van der Waals surface area contributed by atoms with Gasteiger partial charge in [0, 0.05) is 0 Å². The van der Waals surface area contributed by atoms with Crippen molar-refractivity contribution in [2.45, 2.75) is 0 Å². The number of Topliss-reactive ketones (excluding diaryl/α,β-unsaturated/α-hetero) is 1. The average Bonchev–Trinajstić information content (AvgIpc) is 2.80. The minimum Gasteiger partial charge on any atom is -1.00 e. The van der Waals surface area contributed by atoms with Crippen LogP contribution in [0.15, 0.2) is 109 Å². The van der Waals surface area contributed by atoms with E-state index in [4.69, 9.17) is 0 Å². The van der Waals surface area contributed by atoms with Gasteiger partial charge in [-0.05, 0) is 54.6 Å². The smallest absolute Gasteiger partial charge is 0.204 e. The van der Waals surface area contributed by atoms with Gasteiger partial charge >= 0.3 is 0 Å². The largest absolute Gasteiger partial charge is 1.00 e. The van der Waals surface area contributed by atoms with Crippen molar-refractivity contribution in [3.8, 4) is 5.75 Å². The monoisotopic (exact) mass is 494 g/mol. The van der Waals surface area contributed by atoms with Crippen molar-refractivity contribution in [2.75, 3.05) is 6.16 Å². The Morgan fingerprint density at radius 2 is 1.13 bits per heavy atom. The van der Waals surface area contributed by atoms with E-state index < -0.39 is 13.1 Å². The van der Waals surface area contributed by atoms with Crippen molar-refractivity contribution in [3.05, 3.63) is 121 Å². The second-order valence-corrected chi connectivity index (χ2v) is 10.5. The molecule has 0 aliphatic carbocycles.